The van der Waals surface area contributed by atoms with E-state index in [1.165, 1.54) is 11.0 Å². The zero-order valence-electron chi connectivity index (χ0n) is 14.2. The Kier molecular flexibility index (Phi) is 5.47. The van der Waals surface area contributed by atoms with Crippen LogP contribution in [0.15, 0.2) is 29.1 Å². The number of aromatic nitrogens is 1. The number of nitrogens with one attached hydrogen (secondary N) is 3. The van der Waals surface area contributed by atoms with Gasteiger partial charge in [-0.25, -0.2) is 4.39 Å². The summed E-state index contributed by atoms with van der Waals surface area (Å²) in [5, 5.41) is 5.34. The highest BCUT2D eigenvalue weighted by Gasteiger charge is 2.43. The van der Waals surface area contributed by atoms with E-state index in [0.29, 0.717) is 13.1 Å². The number of rotatable bonds is 4. The van der Waals surface area contributed by atoms with Crippen molar-refractivity contribution in [3.63, 3.8) is 0 Å². The van der Waals surface area contributed by atoms with Gasteiger partial charge in [0.05, 0.1) is 5.56 Å². The van der Waals surface area contributed by atoms with Gasteiger partial charge in [-0.15, -0.1) is 0 Å². The summed E-state index contributed by atoms with van der Waals surface area (Å²) >= 11 is 0. The molecule has 2 aromatic rings. The minimum absolute atomic E-state index is 0.123. The number of piperazine rings is 1. The van der Waals surface area contributed by atoms with E-state index < -0.39 is 36.0 Å². The van der Waals surface area contributed by atoms with Gasteiger partial charge in [0.15, 0.2) is 0 Å². The number of halogens is 4. The number of carbonyl (C=O) groups is 1. The van der Waals surface area contributed by atoms with Crippen molar-refractivity contribution >= 4 is 16.8 Å². The number of aromatic amines is 1. The van der Waals surface area contributed by atoms with E-state index in [-0.39, 0.29) is 29.6 Å². The molecule has 1 aromatic heterocycles. The number of H-pyrrole nitrogens is 1. The summed E-state index contributed by atoms with van der Waals surface area (Å²) in [6, 6.07) is 2.57. The van der Waals surface area contributed by atoms with E-state index in [0.717, 1.165) is 18.2 Å². The molecular formula is C17H18F4N4O2. The Morgan fingerprint density at radius 3 is 2.59 bits per heavy atom. The molecule has 10 heteroatoms. The first kappa shape index (κ1) is 19.3. The molecule has 0 spiro atoms. The summed E-state index contributed by atoms with van der Waals surface area (Å²) in [7, 11) is 0. The Balaban J connectivity index is 1.83. The fraction of sp³-hybridized carbons (Fsp3) is 0.412. The van der Waals surface area contributed by atoms with Crippen molar-refractivity contribution in [1.82, 2.24) is 20.5 Å². The number of alkyl halides is 3. The maximum Gasteiger partial charge on any atom is 0.405 e. The molecule has 1 aliphatic heterocycles. The molecule has 0 bridgehead atoms. The van der Waals surface area contributed by atoms with Gasteiger partial charge < -0.3 is 15.6 Å². The van der Waals surface area contributed by atoms with Gasteiger partial charge in [-0.1, -0.05) is 0 Å². The molecule has 3 N–H and O–H groups in total. The summed E-state index contributed by atoms with van der Waals surface area (Å²) < 4.78 is 53.7. The van der Waals surface area contributed by atoms with Crippen LogP contribution in [0.5, 0.6) is 0 Å². The molecule has 1 aromatic carbocycles. The van der Waals surface area contributed by atoms with Crippen LogP contribution in [0.25, 0.3) is 10.9 Å². The number of hydrogen-bond donors (Lipinski definition) is 3. The highest BCUT2D eigenvalue weighted by molar-refractivity contribution is 6.05. The monoisotopic (exact) mass is 386 g/mol. The fourth-order valence-corrected chi connectivity index (χ4v) is 3.14. The van der Waals surface area contributed by atoms with Crippen LogP contribution in [0.1, 0.15) is 10.4 Å². The lowest BCUT2D eigenvalue weighted by Crippen LogP contribution is -2.57. The van der Waals surface area contributed by atoms with Gasteiger partial charge in [-0.05, 0) is 18.2 Å². The Labute approximate surface area is 151 Å². The second-order valence-corrected chi connectivity index (χ2v) is 6.29. The first-order valence-electron chi connectivity index (χ1n) is 8.38. The molecule has 3 rings (SSSR count). The molecule has 1 unspecified atom stereocenters. The largest absolute Gasteiger partial charge is 0.405 e. The van der Waals surface area contributed by atoms with E-state index in [4.69, 9.17) is 0 Å². The van der Waals surface area contributed by atoms with E-state index in [1.54, 1.807) is 0 Å². The molecule has 1 atom stereocenters. The van der Waals surface area contributed by atoms with Gasteiger partial charge >= 0.3 is 6.18 Å². The smallest absolute Gasteiger partial charge is 0.350 e. The second-order valence-electron chi connectivity index (χ2n) is 6.29. The minimum atomic E-state index is -4.52. The van der Waals surface area contributed by atoms with Gasteiger partial charge in [-0.3, -0.25) is 14.5 Å². The molecule has 27 heavy (non-hydrogen) atoms. The lowest BCUT2D eigenvalue weighted by atomic mass is 10.1. The second kappa shape index (κ2) is 7.65. The van der Waals surface area contributed by atoms with Gasteiger partial charge in [0.2, 0.25) is 5.56 Å². The Morgan fingerprint density at radius 1 is 1.22 bits per heavy atom. The third-order valence-corrected chi connectivity index (χ3v) is 4.48. The van der Waals surface area contributed by atoms with Crippen LogP contribution in [0.4, 0.5) is 17.6 Å². The van der Waals surface area contributed by atoms with Crippen molar-refractivity contribution in [3.05, 3.63) is 46.0 Å². The SMILES string of the molecule is O=C(NCC(N1CCNCC1)C(F)(F)F)c1cc(=O)[nH]c2ccc(F)cc12. The van der Waals surface area contributed by atoms with Gasteiger partial charge in [0.1, 0.15) is 11.9 Å². The number of benzene rings is 1. The molecular weight excluding hydrogens is 368 g/mol. The van der Waals surface area contributed by atoms with Crippen molar-refractivity contribution < 1.29 is 22.4 Å². The van der Waals surface area contributed by atoms with Crippen molar-refractivity contribution in [2.75, 3.05) is 32.7 Å². The standard InChI is InChI=1S/C17H18F4N4O2/c18-10-1-2-13-11(7-10)12(8-15(26)24-13)16(27)23-9-14(17(19,20)21)25-5-3-22-4-6-25/h1-2,7-8,14,22H,3-6,9H2,(H,23,27)(H,24,26). The Hall–Kier alpha value is -2.46. The van der Waals surface area contributed by atoms with Crippen LogP contribution in [0.3, 0.4) is 0 Å². The molecule has 6 nitrogen and oxygen atoms in total. The lowest BCUT2D eigenvalue weighted by molar-refractivity contribution is -0.183. The Morgan fingerprint density at radius 2 is 1.93 bits per heavy atom. The molecule has 146 valence electrons. The summed E-state index contributed by atoms with van der Waals surface area (Å²) in [4.78, 5) is 27.9. The van der Waals surface area contributed by atoms with Crippen LogP contribution in [0.2, 0.25) is 0 Å². The zero-order valence-corrected chi connectivity index (χ0v) is 14.2. The zero-order chi connectivity index (χ0) is 19.6. The third kappa shape index (κ3) is 4.45. The average Bonchev–Trinajstić information content (AvgIpc) is 2.61. The van der Waals surface area contributed by atoms with Gasteiger partial charge in [0, 0.05) is 49.7 Å². The van der Waals surface area contributed by atoms with Crippen molar-refractivity contribution in [2.45, 2.75) is 12.2 Å². The number of pyridine rings is 1. The van der Waals surface area contributed by atoms with E-state index in [2.05, 4.69) is 15.6 Å². The van der Waals surface area contributed by atoms with Crippen molar-refractivity contribution in [2.24, 2.45) is 0 Å². The molecule has 1 aliphatic rings. The molecule has 0 aliphatic carbocycles. The van der Waals surface area contributed by atoms with Crippen LogP contribution in [-0.2, 0) is 0 Å². The predicted octanol–water partition coefficient (Wildman–Crippen LogP) is 1.23. The summed E-state index contributed by atoms with van der Waals surface area (Å²) in [5.74, 6) is -1.49. The van der Waals surface area contributed by atoms with Crippen LogP contribution in [0, 0.1) is 5.82 Å². The maximum absolute atomic E-state index is 13.5. The minimum Gasteiger partial charge on any atom is -0.350 e. The average molecular weight is 386 g/mol. The number of hydrogen-bond acceptors (Lipinski definition) is 4. The predicted molar refractivity (Wildman–Crippen MR) is 91.1 cm³/mol. The number of carbonyl (C=O) groups excluding carboxylic acids is 1. The highest BCUT2D eigenvalue weighted by atomic mass is 19.4. The number of amides is 1. The summed E-state index contributed by atoms with van der Waals surface area (Å²) in [6.07, 6.45) is -4.52. The molecule has 1 saturated heterocycles. The summed E-state index contributed by atoms with van der Waals surface area (Å²) in [5.41, 5.74) is -0.549. The normalized spacial score (nSPS) is 17.0. The van der Waals surface area contributed by atoms with Crippen molar-refractivity contribution in [3.8, 4) is 0 Å². The Bertz CT molecular complexity index is 891. The quantitative estimate of drug-likeness (QED) is 0.691. The topological polar surface area (TPSA) is 77.2 Å². The lowest BCUT2D eigenvalue weighted by Gasteiger charge is -2.35. The molecule has 0 radical (unpaired) electrons. The molecule has 1 fully saturated rings. The van der Waals surface area contributed by atoms with Crippen LogP contribution < -0.4 is 16.2 Å². The van der Waals surface area contributed by atoms with E-state index in [1.807, 2.05) is 0 Å². The van der Waals surface area contributed by atoms with Crippen LogP contribution in [-0.4, -0.2) is 60.7 Å². The first-order valence-corrected chi connectivity index (χ1v) is 8.38. The van der Waals surface area contributed by atoms with Crippen molar-refractivity contribution in [1.29, 1.82) is 0 Å². The van der Waals surface area contributed by atoms with Crippen LogP contribution >= 0.6 is 0 Å². The fourth-order valence-electron chi connectivity index (χ4n) is 3.14. The molecule has 2 heterocycles. The number of nitrogens with zero attached hydrogens (tertiary/aromatic N) is 1. The third-order valence-electron chi connectivity index (χ3n) is 4.48. The molecule has 1 amide bonds. The van der Waals surface area contributed by atoms with E-state index >= 15 is 0 Å². The first-order chi connectivity index (χ1) is 12.8. The maximum atomic E-state index is 13.5. The molecule has 0 saturated carbocycles. The number of fused-ring (bicyclic) bond motifs is 1. The van der Waals surface area contributed by atoms with Gasteiger partial charge in [0.25, 0.3) is 5.91 Å². The summed E-state index contributed by atoms with van der Waals surface area (Å²) in [6.45, 7) is 0.612. The van der Waals surface area contributed by atoms with Gasteiger partial charge in [-0.2, -0.15) is 13.2 Å². The highest BCUT2D eigenvalue weighted by Crippen LogP contribution is 2.25. The van der Waals surface area contributed by atoms with E-state index in [9.17, 15) is 27.2 Å².